The zero-order valence-electron chi connectivity index (χ0n) is 14.8. The van der Waals surface area contributed by atoms with E-state index in [0.29, 0.717) is 24.5 Å². The highest BCUT2D eigenvalue weighted by atomic mass is 16.5. The average Bonchev–Trinajstić information content (AvgIpc) is 3.24. The molecule has 138 valence electrons. The van der Waals surface area contributed by atoms with Gasteiger partial charge in [0.25, 0.3) is 5.91 Å². The molecule has 0 spiro atoms. The van der Waals surface area contributed by atoms with Gasteiger partial charge in [0.05, 0.1) is 25.1 Å². The second kappa shape index (κ2) is 6.55. The molecule has 7 heteroatoms. The van der Waals surface area contributed by atoms with Crippen LogP contribution in [0.15, 0.2) is 22.9 Å². The Kier molecular flexibility index (Phi) is 4.05. The first kappa shape index (κ1) is 16.1. The first-order chi connectivity index (χ1) is 12.8. The molecule has 3 atom stereocenters. The Morgan fingerprint density at radius 3 is 2.96 bits per heavy atom. The third-order valence-electron chi connectivity index (χ3n) is 5.83. The molecule has 2 aromatic rings. The second-order valence-electron chi connectivity index (χ2n) is 7.61. The van der Waals surface area contributed by atoms with Crippen LogP contribution >= 0.6 is 0 Å². The minimum Gasteiger partial charge on any atom is -0.460 e. The molecule has 3 saturated heterocycles. The molecular weight excluding hydrogens is 332 g/mol. The van der Waals surface area contributed by atoms with E-state index in [-0.39, 0.29) is 11.9 Å². The minimum atomic E-state index is -0.0893. The number of carbonyl (C=O) groups excluding carboxylic acids is 1. The van der Waals surface area contributed by atoms with E-state index in [4.69, 9.17) is 9.15 Å². The zero-order valence-corrected chi connectivity index (χ0v) is 14.8. The average molecular weight is 356 g/mol. The van der Waals surface area contributed by atoms with E-state index in [1.165, 1.54) is 19.5 Å². The highest BCUT2D eigenvalue weighted by Crippen LogP contribution is 2.30. The molecule has 3 unspecified atom stereocenters. The van der Waals surface area contributed by atoms with Crippen LogP contribution in [0.4, 0.5) is 5.69 Å². The quantitative estimate of drug-likeness (QED) is 0.898. The number of hydrogen-bond donors (Lipinski definition) is 1. The number of rotatable bonds is 3. The first-order valence-corrected chi connectivity index (χ1v) is 9.49. The van der Waals surface area contributed by atoms with E-state index in [2.05, 4.69) is 20.1 Å². The molecule has 1 N–H and O–H groups in total. The molecule has 0 radical (unpaired) electrons. The molecule has 1 amide bonds. The summed E-state index contributed by atoms with van der Waals surface area (Å²) in [5.74, 6) is 0.639. The third-order valence-corrected chi connectivity index (χ3v) is 5.83. The van der Waals surface area contributed by atoms with Gasteiger partial charge < -0.3 is 24.3 Å². The normalized spacial score (nSPS) is 28.5. The van der Waals surface area contributed by atoms with Crippen molar-refractivity contribution in [3.05, 3.63) is 24.2 Å². The van der Waals surface area contributed by atoms with Crippen LogP contribution in [0.3, 0.4) is 0 Å². The van der Waals surface area contributed by atoms with Crippen molar-refractivity contribution in [2.75, 3.05) is 50.8 Å². The first-order valence-electron chi connectivity index (χ1n) is 9.49. The van der Waals surface area contributed by atoms with E-state index in [1.807, 2.05) is 6.07 Å². The van der Waals surface area contributed by atoms with Crippen LogP contribution in [-0.2, 0) is 4.74 Å². The summed E-state index contributed by atoms with van der Waals surface area (Å²) in [6, 6.07) is 2.08. The zero-order chi connectivity index (χ0) is 17.5. The molecule has 2 bridgehead atoms. The largest absolute Gasteiger partial charge is 0.460 e. The summed E-state index contributed by atoms with van der Waals surface area (Å²) in [5, 5.41) is 4.13. The van der Waals surface area contributed by atoms with Crippen molar-refractivity contribution in [3.63, 3.8) is 0 Å². The number of carbonyl (C=O) groups is 1. The SMILES string of the molecule is O=C(NC1CC2CCN(C2)C1)c1cc2c(N3CCOCC3)coc2cn1. The fourth-order valence-corrected chi connectivity index (χ4v) is 4.52. The third kappa shape index (κ3) is 2.95. The lowest BCUT2D eigenvalue weighted by Crippen LogP contribution is -2.47. The van der Waals surface area contributed by atoms with E-state index in [1.54, 1.807) is 12.5 Å². The molecule has 0 aromatic carbocycles. The molecule has 26 heavy (non-hydrogen) atoms. The maximum Gasteiger partial charge on any atom is 0.270 e. The van der Waals surface area contributed by atoms with Crippen LogP contribution in [0.2, 0.25) is 0 Å². The molecule has 7 nitrogen and oxygen atoms in total. The van der Waals surface area contributed by atoms with E-state index >= 15 is 0 Å². The Labute approximate surface area is 152 Å². The van der Waals surface area contributed by atoms with Gasteiger partial charge in [-0.15, -0.1) is 0 Å². The number of fused-ring (bicyclic) bond motifs is 3. The maximum atomic E-state index is 12.7. The Hall–Kier alpha value is -2.12. The topological polar surface area (TPSA) is 70.8 Å². The summed E-state index contributed by atoms with van der Waals surface area (Å²) in [5.41, 5.74) is 2.19. The fraction of sp³-hybridized carbons (Fsp3) is 0.579. The van der Waals surface area contributed by atoms with Crippen molar-refractivity contribution >= 4 is 22.6 Å². The van der Waals surface area contributed by atoms with Crippen LogP contribution in [0, 0.1) is 5.92 Å². The number of pyridine rings is 1. The van der Waals surface area contributed by atoms with E-state index in [0.717, 1.165) is 43.0 Å². The minimum absolute atomic E-state index is 0.0893. The number of hydrogen-bond acceptors (Lipinski definition) is 6. The fourth-order valence-electron chi connectivity index (χ4n) is 4.52. The highest BCUT2D eigenvalue weighted by molar-refractivity contribution is 5.99. The molecule has 0 aliphatic carbocycles. The molecule has 3 fully saturated rings. The van der Waals surface area contributed by atoms with Crippen LogP contribution in [0.5, 0.6) is 0 Å². The van der Waals surface area contributed by atoms with Gasteiger partial charge in [-0.1, -0.05) is 0 Å². The van der Waals surface area contributed by atoms with Gasteiger partial charge >= 0.3 is 0 Å². The molecular formula is C19H24N4O3. The van der Waals surface area contributed by atoms with Crippen LogP contribution in [-0.4, -0.2) is 67.8 Å². The van der Waals surface area contributed by atoms with Crippen molar-refractivity contribution in [2.45, 2.75) is 18.9 Å². The number of nitrogens with zero attached hydrogens (tertiary/aromatic N) is 3. The summed E-state index contributed by atoms with van der Waals surface area (Å²) in [4.78, 5) is 21.8. The number of ether oxygens (including phenoxy) is 1. The summed E-state index contributed by atoms with van der Waals surface area (Å²) < 4.78 is 11.1. The van der Waals surface area contributed by atoms with Gasteiger partial charge in [0.15, 0.2) is 5.58 Å². The van der Waals surface area contributed by atoms with Crippen molar-refractivity contribution < 1.29 is 13.9 Å². The summed E-state index contributed by atoms with van der Waals surface area (Å²) in [6.45, 7) is 6.40. The monoisotopic (exact) mass is 356 g/mol. The lowest BCUT2D eigenvalue weighted by atomic mass is 9.97. The number of piperidine rings is 1. The number of furan rings is 1. The molecule has 3 aliphatic rings. The van der Waals surface area contributed by atoms with Crippen molar-refractivity contribution in [3.8, 4) is 0 Å². The van der Waals surface area contributed by atoms with Crippen molar-refractivity contribution in [1.29, 1.82) is 0 Å². The van der Waals surface area contributed by atoms with Gasteiger partial charge in [-0.25, -0.2) is 4.98 Å². The number of aromatic nitrogens is 1. The van der Waals surface area contributed by atoms with Gasteiger partial charge in [0, 0.05) is 37.6 Å². The lowest BCUT2D eigenvalue weighted by Gasteiger charge is -2.30. The van der Waals surface area contributed by atoms with E-state index < -0.39 is 0 Å². The number of anilines is 1. The lowest BCUT2D eigenvalue weighted by molar-refractivity contribution is 0.0904. The van der Waals surface area contributed by atoms with Gasteiger partial charge in [-0.05, 0) is 31.4 Å². The molecule has 0 saturated carbocycles. The second-order valence-corrected chi connectivity index (χ2v) is 7.61. The summed E-state index contributed by atoms with van der Waals surface area (Å²) >= 11 is 0. The van der Waals surface area contributed by atoms with E-state index in [9.17, 15) is 4.79 Å². The molecule has 2 aromatic heterocycles. The van der Waals surface area contributed by atoms with Gasteiger partial charge in [0.1, 0.15) is 12.0 Å². The van der Waals surface area contributed by atoms with Crippen molar-refractivity contribution in [2.24, 2.45) is 5.92 Å². The van der Waals surface area contributed by atoms with Crippen LogP contribution in [0.25, 0.3) is 11.0 Å². The molecule has 3 aliphatic heterocycles. The Bertz CT molecular complexity index is 802. The standard InChI is InChI=1S/C19H24N4O3/c24-19(21-14-7-13-1-2-22(10-13)11-14)16-8-15-17(12-26-18(15)9-20-16)23-3-5-25-6-4-23/h8-9,12-14H,1-7,10-11H2,(H,21,24). The maximum absolute atomic E-state index is 12.7. The predicted octanol–water partition coefficient (Wildman–Crippen LogP) is 1.49. The highest BCUT2D eigenvalue weighted by Gasteiger charge is 2.33. The summed E-state index contributed by atoms with van der Waals surface area (Å²) in [7, 11) is 0. The Balaban J connectivity index is 1.35. The number of morpholine rings is 1. The summed E-state index contributed by atoms with van der Waals surface area (Å²) in [6.07, 6.45) is 5.75. The molecule has 5 heterocycles. The Morgan fingerprint density at radius 2 is 2.12 bits per heavy atom. The van der Waals surface area contributed by atoms with Crippen LogP contribution < -0.4 is 10.2 Å². The predicted molar refractivity (Wildman–Crippen MR) is 97.5 cm³/mol. The van der Waals surface area contributed by atoms with Gasteiger partial charge in [-0.2, -0.15) is 0 Å². The number of nitrogens with one attached hydrogen (secondary N) is 1. The Morgan fingerprint density at radius 1 is 1.23 bits per heavy atom. The molecule has 5 rings (SSSR count). The van der Waals surface area contributed by atoms with Gasteiger partial charge in [0.2, 0.25) is 0 Å². The smallest absolute Gasteiger partial charge is 0.270 e. The van der Waals surface area contributed by atoms with Gasteiger partial charge in [-0.3, -0.25) is 4.79 Å². The number of amides is 1. The van der Waals surface area contributed by atoms with Crippen LogP contribution in [0.1, 0.15) is 23.3 Å². The van der Waals surface area contributed by atoms with Crippen molar-refractivity contribution in [1.82, 2.24) is 15.2 Å².